The number of rotatable bonds is 0. The highest BCUT2D eigenvalue weighted by atomic mass is 16.7. The van der Waals surface area contributed by atoms with Crippen LogP contribution in [0.1, 0.15) is 85.5 Å². The molecule has 0 amide bonds. The number of fused-ring (bicyclic) bond motifs is 7. The zero-order chi connectivity index (χ0) is 20.9. The number of allylic oxidation sites excluding steroid dienone is 1. The van der Waals surface area contributed by atoms with Crippen LogP contribution >= 0.6 is 0 Å². The maximum atomic E-state index is 10.3. The molecular formula is C27H42O3. The van der Waals surface area contributed by atoms with Crippen molar-refractivity contribution in [2.24, 2.45) is 46.3 Å². The molecule has 30 heavy (non-hydrogen) atoms. The second kappa shape index (κ2) is 6.58. The van der Waals surface area contributed by atoms with Crippen molar-refractivity contribution in [2.45, 2.75) is 103 Å². The molecule has 2 saturated heterocycles. The third-order valence-corrected chi connectivity index (χ3v) is 11.3. The summed E-state index contributed by atoms with van der Waals surface area (Å²) in [5.74, 6) is 3.94. The Labute approximate surface area is 183 Å². The first-order valence-electron chi connectivity index (χ1n) is 13.0. The summed E-state index contributed by atoms with van der Waals surface area (Å²) in [6, 6.07) is 0. The highest BCUT2D eigenvalue weighted by molar-refractivity contribution is 5.26. The van der Waals surface area contributed by atoms with Gasteiger partial charge in [0.25, 0.3) is 0 Å². The molecule has 0 bridgehead atoms. The van der Waals surface area contributed by atoms with E-state index in [2.05, 4.69) is 33.8 Å². The van der Waals surface area contributed by atoms with E-state index in [1.807, 2.05) is 0 Å². The minimum atomic E-state index is -0.294. The molecule has 6 rings (SSSR count). The topological polar surface area (TPSA) is 38.7 Å². The minimum Gasteiger partial charge on any atom is -0.393 e. The van der Waals surface area contributed by atoms with E-state index in [1.165, 1.54) is 38.5 Å². The lowest BCUT2D eigenvalue weighted by molar-refractivity contribution is -0.272. The summed E-state index contributed by atoms with van der Waals surface area (Å²) in [7, 11) is 0. The Balaban J connectivity index is 1.28. The van der Waals surface area contributed by atoms with E-state index >= 15 is 0 Å². The van der Waals surface area contributed by atoms with Crippen molar-refractivity contribution < 1.29 is 14.6 Å². The summed E-state index contributed by atoms with van der Waals surface area (Å²) in [4.78, 5) is 0. The van der Waals surface area contributed by atoms with Gasteiger partial charge in [-0.15, -0.1) is 0 Å². The van der Waals surface area contributed by atoms with Gasteiger partial charge in [0.1, 0.15) is 0 Å². The van der Waals surface area contributed by atoms with Gasteiger partial charge in [-0.2, -0.15) is 0 Å². The van der Waals surface area contributed by atoms with Crippen LogP contribution in [0, 0.1) is 46.3 Å². The van der Waals surface area contributed by atoms with E-state index in [-0.39, 0.29) is 11.9 Å². The largest absolute Gasteiger partial charge is 0.393 e. The molecule has 0 aromatic carbocycles. The number of hydrogen-bond acceptors (Lipinski definition) is 3. The minimum absolute atomic E-state index is 0.107. The average molecular weight is 415 g/mol. The first-order chi connectivity index (χ1) is 14.3. The predicted octanol–water partition coefficient (Wildman–Crippen LogP) is 5.71. The first-order valence-corrected chi connectivity index (χ1v) is 13.0. The molecule has 3 heteroatoms. The van der Waals surface area contributed by atoms with Crippen molar-refractivity contribution in [1.82, 2.24) is 0 Å². The SMILES string of the molecule is C[C@H]1CC[C@]2(OC1)O[C@H]1C[C@H]3[C@@H]4CC=C5C[C@@H](O)CC[C@]5(C)[C@H]4CC[C@]3(C)[C@H]1[C@@H]2C. The molecule has 2 heterocycles. The van der Waals surface area contributed by atoms with Crippen LogP contribution in [-0.2, 0) is 9.47 Å². The summed E-state index contributed by atoms with van der Waals surface area (Å²) in [6.07, 6.45) is 13.5. The van der Waals surface area contributed by atoms with Gasteiger partial charge in [0.15, 0.2) is 5.79 Å². The Hall–Kier alpha value is -0.380. The molecule has 1 spiro atoms. The Kier molecular flexibility index (Phi) is 4.44. The summed E-state index contributed by atoms with van der Waals surface area (Å²) in [5.41, 5.74) is 2.31. The lowest BCUT2D eigenvalue weighted by atomic mass is 9.47. The Morgan fingerprint density at radius 2 is 1.87 bits per heavy atom. The average Bonchev–Trinajstić information content (AvgIpc) is 3.16. The van der Waals surface area contributed by atoms with Crippen molar-refractivity contribution >= 4 is 0 Å². The zero-order valence-corrected chi connectivity index (χ0v) is 19.5. The second-order valence-electron chi connectivity index (χ2n) is 12.7. The summed E-state index contributed by atoms with van der Waals surface area (Å²) >= 11 is 0. The molecule has 4 aliphatic carbocycles. The van der Waals surface area contributed by atoms with E-state index in [4.69, 9.17) is 9.47 Å². The van der Waals surface area contributed by atoms with Gasteiger partial charge in [-0.1, -0.05) is 39.3 Å². The third kappa shape index (κ3) is 2.55. The lowest BCUT2D eigenvalue weighted by Gasteiger charge is -2.58. The van der Waals surface area contributed by atoms with Gasteiger partial charge < -0.3 is 14.6 Å². The number of hydrogen-bond donors (Lipinski definition) is 1. The fourth-order valence-corrected chi connectivity index (χ4v) is 9.66. The van der Waals surface area contributed by atoms with Crippen LogP contribution in [0.3, 0.4) is 0 Å². The Morgan fingerprint density at radius 3 is 2.63 bits per heavy atom. The van der Waals surface area contributed by atoms with E-state index in [9.17, 15) is 5.11 Å². The summed E-state index contributed by atoms with van der Waals surface area (Å²) in [6.45, 7) is 10.8. The predicted molar refractivity (Wildman–Crippen MR) is 118 cm³/mol. The standard InChI is InChI=1S/C27H42O3/c1-16-7-12-27(29-15-16)17(2)24-23(30-27)14-22-20-6-5-18-13-19(28)8-10-25(18,3)21(20)9-11-26(22,24)4/h5,16-17,19-24,28H,6-15H2,1-4H3/t16-,17-,19-,20+,21-,22-,23-,24-,25-,26-,27-/m0/s1. The second-order valence-corrected chi connectivity index (χ2v) is 12.7. The molecule has 0 radical (unpaired) electrons. The maximum Gasteiger partial charge on any atom is 0.171 e. The van der Waals surface area contributed by atoms with Crippen molar-refractivity contribution in [2.75, 3.05) is 6.61 Å². The molecule has 1 N–H and O–H groups in total. The fourth-order valence-electron chi connectivity index (χ4n) is 9.66. The molecule has 3 nitrogen and oxygen atoms in total. The molecule has 3 saturated carbocycles. The molecule has 6 aliphatic rings. The Bertz CT molecular complexity index is 736. The van der Waals surface area contributed by atoms with Gasteiger partial charge >= 0.3 is 0 Å². The van der Waals surface area contributed by atoms with Gasteiger partial charge in [0.2, 0.25) is 0 Å². The van der Waals surface area contributed by atoms with Crippen LogP contribution in [0.5, 0.6) is 0 Å². The van der Waals surface area contributed by atoms with E-state index in [1.54, 1.807) is 5.57 Å². The number of ether oxygens (including phenoxy) is 2. The Morgan fingerprint density at radius 1 is 1.03 bits per heavy atom. The molecule has 168 valence electrons. The van der Waals surface area contributed by atoms with Gasteiger partial charge in [0, 0.05) is 12.3 Å². The third-order valence-electron chi connectivity index (χ3n) is 11.3. The zero-order valence-electron chi connectivity index (χ0n) is 19.5. The molecule has 0 aromatic heterocycles. The van der Waals surface area contributed by atoms with E-state index < -0.39 is 0 Å². The van der Waals surface area contributed by atoms with Crippen molar-refractivity contribution in [3.8, 4) is 0 Å². The van der Waals surface area contributed by atoms with E-state index in [0.717, 1.165) is 43.6 Å². The van der Waals surface area contributed by atoms with Crippen LogP contribution < -0.4 is 0 Å². The normalized spacial score (nSPS) is 59.8. The van der Waals surface area contributed by atoms with Gasteiger partial charge in [-0.25, -0.2) is 0 Å². The van der Waals surface area contributed by atoms with Crippen molar-refractivity contribution in [3.05, 3.63) is 11.6 Å². The van der Waals surface area contributed by atoms with Crippen LogP contribution in [0.25, 0.3) is 0 Å². The monoisotopic (exact) mass is 414 g/mol. The number of aliphatic hydroxyl groups excluding tert-OH is 1. The van der Waals surface area contributed by atoms with Gasteiger partial charge in [0.05, 0.1) is 18.8 Å². The molecule has 5 fully saturated rings. The molecule has 0 aromatic rings. The smallest absolute Gasteiger partial charge is 0.171 e. The van der Waals surface area contributed by atoms with E-state index in [0.29, 0.717) is 34.7 Å². The lowest BCUT2D eigenvalue weighted by Crippen LogP contribution is -2.52. The van der Waals surface area contributed by atoms with Crippen LogP contribution in [0.4, 0.5) is 0 Å². The van der Waals surface area contributed by atoms with Gasteiger partial charge in [-0.05, 0) is 91.8 Å². The number of aliphatic hydroxyl groups is 1. The molecule has 11 atom stereocenters. The summed E-state index contributed by atoms with van der Waals surface area (Å²) < 4.78 is 13.3. The quantitative estimate of drug-likeness (QED) is 0.516. The molecule has 0 unspecified atom stereocenters. The maximum absolute atomic E-state index is 10.3. The van der Waals surface area contributed by atoms with Crippen LogP contribution in [0.2, 0.25) is 0 Å². The first kappa shape index (κ1) is 20.2. The van der Waals surface area contributed by atoms with Crippen LogP contribution in [-0.4, -0.2) is 29.7 Å². The molecular weight excluding hydrogens is 372 g/mol. The summed E-state index contributed by atoms with van der Waals surface area (Å²) in [5, 5.41) is 10.3. The van der Waals surface area contributed by atoms with Crippen molar-refractivity contribution in [3.63, 3.8) is 0 Å². The van der Waals surface area contributed by atoms with Crippen molar-refractivity contribution in [1.29, 1.82) is 0 Å². The fraction of sp³-hybridized carbons (Fsp3) is 0.926. The highest BCUT2D eigenvalue weighted by Gasteiger charge is 2.68. The van der Waals surface area contributed by atoms with Gasteiger partial charge in [-0.3, -0.25) is 0 Å². The highest BCUT2D eigenvalue weighted by Crippen LogP contribution is 2.70. The molecule has 2 aliphatic heterocycles. The van der Waals surface area contributed by atoms with Crippen LogP contribution in [0.15, 0.2) is 11.6 Å².